The van der Waals surface area contributed by atoms with E-state index in [1.165, 1.54) is 22.3 Å². The number of aromatic amines is 1. The van der Waals surface area contributed by atoms with Crippen LogP contribution < -0.4 is 4.74 Å². The molecule has 1 N–H and O–H groups in total. The Bertz CT molecular complexity index is 2390. The van der Waals surface area contributed by atoms with E-state index in [9.17, 15) is 9.59 Å². The summed E-state index contributed by atoms with van der Waals surface area (Å²) in [5.41, 5.74) is 8.89. The molecule has 59 heavy (non-hydrogen) atoms. The number of benzene rings is 4. The van der Waals surface area contributed by atoms with E-state index in [-0.39, 0.29) is 42.0 Å². The topological polar surface area (TPSA) is 109 Å². The molecule has 9 rings (SSSR count). The Morgan fingerprint density at radius 3 is 1.98 bits per heavy atom. The van der Waals surface area contributed by atoms with Gasteiger partial charge >= 0.3 is 12.2 Å². The Labute approximate surface area is 347 Å². The number of ether oxygens (including phenoxy) is 3. The largest absolute Gasteiger partial charge is 0.489 e. The van der Waals surface area contributed by atoms with Crippen LogP contribution in [0.4, 0.5) is 15.3 Å². The van der Waals surface area contributed by atoms with E-state index in [1.807, 2.05) is 69.5 Å². The van der Waals surface area contributed by atoms with Crippen molar-refractivity contribution in [3.05, 3.63) is 125 Å². The zero-order valence-electron chi connectivity index (χ0n) is 35.0. The predicted octanol–water partition coefficient (Wildman–Crippen LogP) is 10.9. The smallest absolute Gasteiger partial charge is 0.410 e. The molecule has 1 saturated carbocycles. The second-order valence-corrected chi connectivity index (χ2v) is 18.7. The van der Waals surface area contributed by atoms with E-state index in [2.05, 4.69) is 77.8 Å². The number of nitrogens with one attached hydrogen (secondary N) is 1. The summed E-state index contributed by atoms with van der Waals surface area (Å²) in [6.45, 7) is 13.3. The van der Waals surface area contributed by atoms with Gasteiger partial charge in [-0.3, -0.25) is 14.8 Å². The minimum atomic E-state index is -0.563. The van der Waals surface area contributed by atoms with E-state index in [4.69, 9.17) is 24.2 Å². The lowest BCUT2D eigenvalue weighted by molar-refractivity contribution is 0.0216. The second-order valence-electron chi connectivity index (χ2n) is 18.7. The van der Waals surface area contributed by atoms with Crippen LogP contribution >= 0.6 is 0 Å². The summed E-state index contributed by atoms with van der Waals surface area (Å²) in [5.74, 6) is 2.35. The first-order valence-electron chi connectivity index (χ1n) is 21.2. The van der Waals surface area contributed by atoms with Gasteiger partial charge in [0.25, 0.3) is 0 Å². The van der Waals surface area contributed by atoms with Gasteiger partial charge in [-0.25, -0.2) is 14.6 Å². The van der Waals surface area contributed by atoms with Crippen molar-refractivity contribution in [3.8, 4) is 5.75 Å². The average molecular weight is 794 g/mol. The Morgan fingerprint density at radius 2 is 1.31 bits per heavy atom. The third-order valence-corrected chi connectivity index (χ3v) is 12.0. The monoisotopic (exact) mass is 793 g/mol. The van der Waals surface area contributed by atoms with Crippen molar-refractivity contribution in [3.63, 3.8) is 0 Å². The first-order chi connectivity index (χ1) is 28.3. The number of hydrogen-bond acceptors (Lipinski definition) is 7. The van der Waals surface area contributed by atoms with Crippen molar-refractivity contribution in [2.24, 2.45) is 4.99 Å². The Kier molecular flexibility index (Phi) is 10.0. The molecule has 0 spiro atoms. The highest BCUT2D eigenvalue weighted by Gasteiger charge is 2.53. The summed E-state index contributed by atoms with van der Waals surface area (Å²) in [6.07, 6.45) is 3.77. The first-order valence-corrected chi connectivity index (χ1v) is 21.2. The number of amides is 2. The number of H-pyrrole nitrogens is 1. The second kappa shape index (κ2) is 15.2. The maximum absolute atomic E-state index is 13.2. The summed E-state index contributed by atoms with van der Waals surface area (Å²) in [7, 11) is 0. The fraction of sp³-hybridized carbons (Fsp3) is 0.429. The molecule has 0 radical (unpaired) electrons. The molecule has 0 bridgehead atoms. The van der Waals surface area contributed by atoms with Crippen LogP contribution in [0.15, 0.2) is 96.0 Å². The minimum Gasteiger partial charge on any atom is -0.489 e. The molecule has 10 heteroatoms. The summed E-state index contributed by atoms with van der Waals surface area (Å²) in [4.78, 5) is 43.8. The molecule has 2 saturated heterocycles. The lowest BCUT2D eigenvalue weighted by atomic mass is 9.99. The van der Waals surface area contributed by atoms with Crippen molar-refractivity contribution >= 4 is 34.6 Å². The van der Waals surface area contributed by atoms with Crippen molar-refractivity contribution in [2.75, 3.05) is 13.1 Å². The van der Waals surface area contributed by atoms with Gasteiger partial charge in [-0.1, -0.05) is 60.7 Å². The molecule has 4 aromatic carbocycles. The first kappa shape index (κ1) is 38.9. The molecule has 1 aromatic heterocycles. The Hall–Kier alpha value is -5.64. The van der Waals surface area contributed by atoms with Gasteiger partial charge in [0.05, 0.1) is 28.8 Å². The van der Waals surface area contributed by atoms with Gasteiger partial charge in [0, 0.05) is 25.2 Å². The third-order valence-electron chi connectivity index (χ3n) is 12.0. The highest BCUT2D eigenvalue weighted by Crippen LogP contribution is 2.66. The van der Waals surface area contributed by atoms with Crippen LogP contribution in [0.2, 0.25) is 0 Å². The number of aromatic nitrogens is 2. The van der Waals surface area contributed by atoms with Crippen LogP contribution in [0, 0.1) is 0 Å². The van der Waals surface area contributed by atoms with Crippen molar-refractivity contribution in [2.45, 2.75) is 121 Å². The third kappa shape index (κ3) is 8.19. The van der Waals surface area contributed by atoms with Crippen LogP contribution in [0.3, 0.4) is 0 Å². The number of aliphatic imine (C=N–C) groups is 1. The van der Waals surface area contributed by atoms with Crippen LogP contribution in [0.1, 0.15) is 125 Å². The summed E-state index contributed by atoms with van der Waals surface area (Å²) < 4.78 is 17.7. The Morgan fingerprint density at radius 1 is 0.712 bits per heavy atom. The molecule has 3 aliphatic heterocycles. The van der Waals surface area contributed by atoms with E-state index in [1.54, 1.807) is 0 Å². The van der Waals surface area contributed by atoms with E-state index < -0.39 is 11.2 Å². The lowest BCUT2D eigenvalue weighted by Crippen LogP contribution is -2.43. The molecule has 3 unspecified atom stereocenters. The van der Waals surface area contributed by atoms with Gasteiger partial charge in [-0.2, -0.15) is 0 Å². The predicted molar refractivity (Wildman–Crippen MR) is 230 cm³/mol. The van der Waals surface area contributed by atoms with Gasteiger partial charge in [0.1, 0.15) is 29.4 Å². The van der Waals surface area contributed by atoms with Gasteiger partial charge < -0.3 is 19.2 Å². The fourth-order valence-electron chi connectivity index (χ4n) is 9.36. The summed E-state index contributed by atoms with van der Waals surface area (Å²) >= 11 is 0. The maximum atomic E-state index is 13.2. The Balaban J connectivity index is 0.998. The molecule has 3 fully saturated rings. The average Bonchev–Trinajstić information content (AvgIpc) is 3.75. The van der Waals surface area contributed by atoms with Gasteiger partial charge in [-0.05, 0) is 143 Å². The maximum Gasteiger partial charge on any atom is 0.410 e. The fourth-order valence-corrected chi connectivity index (χ4v) is 9.36. The molecule has 4 heterocycles. The molecule has 5 aromatic rings. The molecular formula is C49H55N5O5. The molecule has 1 aliphatic carbocycles. The molecular weight excluding hydrogens is 739 g/mol. The van der Waals surface area contributed by atoms with E-state index in [0.29, 0.717) is 19.7 Å². The number of carbonyl (C=O) groups excluding carboxylic acids is 2. The summed E-state index contributed by atoms with van der Waals surface area (Å²) in [6, 6.07) is 32.0. The molecule has 5 atom stereocenters. The quantitative estimate of drug-likeness (QED) is 0.168. The zero-order chi connectivity index (χ0) is 41.1. The normalized spacial score (nSPS) is 22.7. The standard InChI is InChI=1S/C49H55N5O5/c1-48(2,3)58-46(55)53-24-10-14-40(53)39-26-32-16-17-33(27-37(32)50-39)43-42(31-18-21-35(22-19-31)57-29-30-12-8-7-9-13-30)44(43)34-20-23-36-38(28-34)52-45(51-36)41-15-11-25-54(41)47(56)59-49(4,5)6/h7-9,12-13,16-23,27-28,40-44H,10-11,14-15,24-26,29H2,1-6H3,(H,51,52)/t40-,41-,42?,43?,44?/m0/s1. The number of carbonyl (C=O) groups is 2. The number of likely N-dealkylation sites (tertiary alicyclic amines) is 2. The van der Waals surface area contributed by atoms with E-state index in [0.717, 1.165) is 71.7 Å². The lowest BCUT2D eigenvalue weighted by Gasteiger charge is -2.28. The van der Waals surface area contributed by atoms with Gasteiger partial charge in [0.2, 0.25) is 0 Å². The van der Waals surface area contributed by atoms with Crippen molar-refractivity contribution in [1.29, 1.82) is 0 Å². The highest BCUT2D eigenvalue weighted by molar-refractivity contribution is 5.99. The van der Waals surface area contributed by atoms with Crippen LogP contribution in [-0.4, -0.2) is 68.0 Å². The molecule has 306 valence electrons. The van der Waals surface area contributed by atoms with Crippen molar-refractivity contribution < 1.29 is 23.8 Å². The highest BCUT2D eigenvalue weighted by atomic mass is 16.6. The number of hydrogen-bond donors (Lipinski definition) is 1. The van der Waals surface area contributed by atoms with Crippen LogP contribution in [0.5, 0.6) is 5.75 Å². The zero-order valence-corrected chi connectivity index (χ0v) is 35.0. The minimum absolute atomic E-state index is 0.0452. The van der Waals surface area contributed by atoms with Crippen molar-refractivity contribution in [1.82, 2.24) is 19.8 Å². The van der Waals surface area contributed by atoms with Gasteiger partial charge in [0.15, 0.2) is 0 Å². The SMILES string of the molecule is CC(C)(C)OC(=O)N1CCC[C@H]1C1=Nc2cc(C3C(c4ccc(OCc5ccccc5)cc4)C3c3ccc4nc([C@@H]5CCCN5C(=O)OC(C)(C)C)[nH]c4c3)ccc2C1. The summed E-state index contributed by atoms with van der Waals surface area (Å²) in [5, 5.41) is 0. The number of nitrogens with zero attached hydrogens (tertiary/aromatic N) is 4. The van der Waals surface area contributed by atoms with Crippen LogP contribution in [0.25, 0.3) is 11.0 Å². The molecule has 10 nitrogen and oxygen atoms in total. The molecule has 2 amide bonds. The number of imidazole rings is 1. The van der Waals surface area contributed by atoms with Gasteiger partial charge in [-0.15, -0.1) is 0 Å². The van der Waals surface area contributed by atoms with Crippen LogP contribution in [-0.2, 0) is 22.5 Å². The number of fused-ring (bicyclic) bond motifs is 2. The number of rotatable bonds is 8. The molecule has 4 aliphatic rings. The van der Waals surface area contributed by atoms with E-state index >= 15 is 0 Å².